The highest BCUT2D eigenvalue weighted by molar-refractivity contribution is 7.87. The first-order valence-corrected chi connectivity index (χ1v) is 9.41. The van der Waals surface area contributed by atoms with Crippen LogP contribution < -0.4 is 10.0 Å². The zero-order valence-corrected chi connectivity index (χ0v) is 13.6. The summed E-state index contributed by atoms with van der Waals surface area (Å²) in [5, 5.41) is 3.15. The number of rotatable bonds is 8. The highest BCUT2D eigenvalue weighted by atomic mass is 32.2. The molecule has 1 heterocycles. The molecule has 2 unspecified atom stereocenters. The van der Waals surface area contributed by atoms with Crippen molar-refractivity contribution in [2.45, 2.75) is 51.5 Å². The van der Waals surface area contributed by atoms with Crippen molar-refractivity contribution >= 4 is 10.2 Å². The third-order valence-electron chi connectivity index (χ3n) is 4.44. The van der Waals surface area contributed by atoms with E-state index in [9.17, 15) is 8.42 Å². The maximum atomic E-state index is 12.5. The number of nitrogens with one attached hydrogen (secondary N) is 2. The summed E-state index contributed by atoms with van der Waals surface area (Å²) in [6.45, 7) is 4.27. The fraction of sp³-hybridized carbons (Fsp3) is 1.00. The van der Waals surface area contributed by atoms with E-state index >= 15 is 0 Å². The fourth-order valence-corrected chi connectivity index (χ4v) is 4.65. The van der Waals surface area contributed by atoms with Gasteiger partial charge >= 0.3 is 0 Å². The molecule has 0 aromatic rings. The van der Waals surface area contributed by atoms with E-state index in [2.05, 4.69) is 17.0 Å². The van der Waals surface area contributed by atoms with Gasteiger partial charge < -0.3 is 5.32 Å². The molecule has 1 saturated carbocycles. The second-order valence-electron chi connectivity index (χ2n) is 6.33. The van der Waals surface area contributed by atoms with Gasteiger partial charge in [0.15, 0.2) is 0 Å². The highest BCUT2D eigenvalue weighted by Crippen LogP contribution is 2.34. The van der Waals surface area contributed by atoms with Crippen LogP contribution in [-0.4, -0.2) is 45.4 Å². The van der Waals surface area contributed by atoms with E-state index in [1.54, 1.807) is 4.31 Å². The van der Waals surface area contributed by atoms with Crippen molar-refractivity contribution in [1.29, 1.82) is 0 Å². The van der Waals surface area contributed by atoms with Gasteiger partial charge in [0.25, 0.3) is 10.2 Å². The molecule has 0 aromatic carbocycles. The molecule has 0 radical (unpaired) electrons. The lowest BCUT2D eigenvalue weighted by Gasteiger charge is -2.33. The highest BCUT2D eigenvalue weighted by Gasteiger charge is 2.32. The van der Waals surface area contributed by atoms with E-state index < -0.39 is 10.2 Å². The summed E-state index contributed by atoms with van der Waals surface area (Å²) in [4.78, 5) is 0. The molecule has 1 aliphatic carbocycles. The number of hydrogen-bond donors (Lipinski definition) is 2. The van der Waals surface area contributed by atoms with Crippen molar-refractivity contribution in [3.63, 3.8) is 0 Å². The minimum atomic E-state index is -3.31. The molecule has 2 N–H and O–H groups in total. The first kappa shape index (κ1) is 16.2. The third-order valence-corrected chi connectivity index (χ3v) is 6.08. The zero-order valence-electron chi connectivity index (χ0n) is 12.8. The van der Waals surface area contributed by atoms with Crippen molar-refractivity contribution in [3.8, 4) is 0 Å². The number of hydrogen-bond acceptors (Lipinski definition) is 3. The van der Waals surface area contributed by atoms with E-state index in [4.69, 9.17) is 0 Å². The Labute approximate surface area is 123 Å². The van der Waals surface area contributed by atoms with E-state index in [0.717, 1.165) is 38.1 Å². The van der Waals surface area contributed by atoms with Gasteiger partial charge in [-0.15, -0.1) is 0 Å². The summed E-state index contributed by atoms with van der Waals surface area (Å²) >= 11 is 0. The monoisotopic (exact) mass is 303 g/mol. The number of nitrogens with zero attached hydrogens (tertiary/aromatic N) is 1. The van der Waals surface area contributed by atoms with E-state index in [1.807, 2.05) is 7.05 Å². The Morgan fingerprint density at radius 3 is 2.60 bits per heavy atom. The van der Waals surface area contributed by atoms with E-state index in [1.165, 1.54) is 12.8 Å². The van der Waals surface area contributed by atoms with Gasteiger partial charge in [0, 0.05) is 19.1 Å². The first-order chi connectivity index (χ1) is 9.55. The molecule has 1 aliphatic heterocycles. The molecule has 5 nitrogen and oxygen atoms in total. The Balaban J connectivity index is 1.90. The molecule has 2 fully saturated rings. The lowest BCUT2D eigenvalue weighted by molar-refractivity contribution is 0.259. The van der Waals surface area contributed by atoms with Crippen LogP contribution in [0.2, 0.25) is 0 Å². The van der Waals surface area contributed by atoms with Crippen molar-refractivity contribution < 1.29 is 8.42 Å². The normalized spacial score (nSPS) is 26.6. The third kappa shape index (κ3) is 4.69. The van der Waals surface area contributed by atoms with Crippen molar-refractivity contribution in [2.24, 2.45) is 11.8 Å². The SMILES string of the molecule is CCC(CC1CC1)NS(=O)(=O)N1CCCC(CNC)C1. The van der Waals surface area contributed by atoms with Gasteiger partial charge in [0.2, 0.25) is 0 Å². The maximum Gasteiger partial charge on any atom is 0.279 e. The van der Waals surface area contributed by atoms with Gasteiger partial charge in [-0.05, 0) is 51.1 Å². The van der Waals surface area contributed by atoms with Gasteiger partial charge in [-0.25, -0.2) is 0 Å². The standard InChI is InChI=1S/C14H29N3O2S/c1-3-14(9-12-6-7-12)16-20(18,19)17-8-4-5-13(11-17)10-15-2/h12-16H,3-11H2,1-2H3. The van der Waals surface area contributed by atoms with Crippen molar-refractivity contribution in [2.75, 3.05) is 26.7 Å². The van der Waals surface area contributed by atoms with Gasteiger partial charge in [-0.2, -0.15) is 17.4 Å². The summed E-state index contributed by atoms with van der Waals surface area (Å²) < 4.78 is 29.6. The second-order valence-corrected chi connectivity index (χ2v) is 8.03. The molecular formula is C14H29N3O2S. The molecule has 0 spiro atoms. The Morgan fingerprint density at radius 1 is 1.25 bits per heavy atom. The van der Waals surface area contributed by atoms with Crippen LogP contribution in [0.4, 0.5) is 0 Å². The Kier molecular flexibility index (Phi) is 5.84. The summed E-state index contributed by atoms with van der Waals surface area (Å²) in [7, 11) is -1.38. The van der Waals surface area contributed by atoms with Crippen LogP contribution >= 0.6 is 0 Å². The van der Waals surface area contributed by atoms with Crippen LogP contribution in [0.1, 0.15) is 45.4 Å². The predicted molar refractivity (Wildman–Crippen MR) is 81.7 cm³/mol. The van der Waals surface area contributed by atoms with Gasteiger partial charge in [-0.1, -0.05) is 19.8 Å². The lowest BCUT2D eigenvalue weighted by atomic mass is 10.00. The molecule has 2 rings (SSSR count). The Morgan fingerprint density at radius 2 is 2.00 bits per heavy atom. The number of piperidine rings is 1. The maximum absolute atomic E-state index is 12.5. The molecule has 6 heteroatoms. The molecule has 0 aromatic heterocycles. The van der Waals surface area contributed by atoms with Gasteiger partial charge in [-0.3, -0.25) is 0 Å². The van der Waals surface area contributed by atoms with Crippen molar-refractivity contribution in [1.82, 2.24) is 14.3 Å². The molecule has 1 saturated heterocycles. The lowest BCUT2D eigenvalue weighted by Crippen LogP contribution is -2.50. The quantitative estimate of drug-likeness (QED) is 0.711. The largest absolute Gasteiger partial charge is 0.319 e. The van der Waals surface area contributed by atoms with Crippen LogP contribution in [0.25, 0.3) is 0 Å². The van der Waals surface area contributed by atoms with Gasteiger partial charge in [0.1, 0.15) is 0 Å². The minimum Gasteiger partial charge on any atom is -0.319 e. The average Bonchev–Trinajstić information content (AvgIpc) is 3.22. The summed E-state index contributed by atoms with van der Waals surface area (Å²) in [5.41, 5.74) is 0. The molecule has 2 aliphatic rings. The Bertz CT molecular complexity index is 393. The van der Waals surface area contributed by atoms with Crippen LogP contribution in [0.15, 0.2) is 0 Å². The molecular weight excluding hydrogens is 274 g/mol. The molecule has 118 valence electrons. The molecule has 0 amide bonds. The minimum absolute atomic E-state index is 0.108. The predicted octanol–water partition coefficient (Wildman–Crippen LogP) is 1.33. The summed E-state index contributed by atoms with van der Waals surface area (Å²) in [6, 6.07) is 0.108. The van der Waals surface area contributed by atoms with Gasteiger partial charge in [0.05, 0.1) is 0 Å². The zero-order chi connectivity index (χ0) is 14.6. The van der Waals surface area contributed by atoms with E-state index in [-0.39, 0.29) is 6.04 Å². The van der Waals surface area contributed by atoms with Crippen molar-refractivity contribution in [3.05, 3.63) is 0 Å². The van der Waals surface area contributed by atoms with E-state index in [0.29, 0.717) is 19.0 Å². The van der Waals surface area contributed by atoms with Crippen LogP contribution in [0, 0.1) is 11.8 Å². The molecule has 0 bridgehead atoms. The average molecular weight is 303 g/mol. The summed E-state index contributed by atoms with van der Waals surface area (Å²) in [5.74, 6) is 1.19. The van der Waals surface area contributed by atoms with Crippen LogP contribution in [0.3, 0.4) is 0 Å². The topological polar surface area (TPSA) is 61.4 Å². The first-order valence-electron chi connectivity index (χ1n) is 7.97. The molecule has 2 atom stereocenters. The van der Waals surface area contributed by atoms with Crippen LogP contribution in [0.5, 0.6) is 0 Å². The van der Waals surface area contributed by atoms with Crippen LogP contribution in [-0.2, 0) is 10.2 Å². The smallest absolute Gasteiger partial charge is 0.279 e. The second kappa shape index (κ2) is 7.20. The fourth-order valence-electron chi connectivity index (χ4n) is 3.04. The molecule has 20 heavy (non-hydrogen) atoms. The summed E-state index contributed by atoms with van der Waals surface area (Å²) in [6.07, 6.45) is 6.50. The Hall–Kier alpha value is -0.170.